The maximum Gasteiger partial charge on any atom is 0.417 e. The first-order valence-electron chi connectivity index (χ1n) is 7.27. The van der Waals surface area contributed by atoms with Crippen molar-refractivity contribution in [1.82, 2.24) is 4.98 Å². The van der Waals surface area contributed by atoms with Crippen LogP contribution in [0.1, 0.15) is 18.9 Å². The first kappa shape index (κ1) is 24.9. The van der Waals surface area contributed by atoms with Gasteiger partial charge in [0.05, 0.1) is 11.6 Å². The summed E-state index contributed by atoms with van der Waals surface area (Å²) < 4.78 is 56.5. The minimum atomic E-state index is -4.52. The Morgan fingerprint density at radius 3 is 2.41 bits per heavy atom. The van der Waals surface area contributed by atoms with Crippen LogP contribution in [0.2, 0.25) is 0 Å². The summed E-state index contributed by atoms with van der Waals surface area (Å²) in [5, 5.41) is 2.45. The third-order valence-electron chi connectivity index (χ3n) is 3.25. The van der Waals surface area contributed by atoms with E-state index in [9.17, 15) is 22.4 Å². The molecule has 0 fully saturated rings. The highest BCUT2D eigenvalue weighted by molar-refractivity contribution is 5.94. The van der Waals surface area contributed by atoms with Gasteiger partial charge in [-0.2, -0.15) is 13.2 Å². The average molecular weight is 430 g/mol. The first-order chi connectivity index (χ1) is 11.7. The molecule has 0 saturated carbocycles. The number of amides is 1. The van der Waals surface area contributed by atoms with Crippen LogP contribution in [-0.2, 0) is 11.0 Å². The molecule has 27 heavy (non-hydrogen) atoms. The molecular formula is C16H17Cl2F4N3O2. The van der Waals surface area contributed by atoms with Crippen molar-refractivity contribution in [2.45, 2.75) is 25.6 Å². The number of anilines is 1. The standard InChI is InChI=1S/C16H15F4N3O2.2ClH/c1-2-12(21)15(24)23-10-4-5-13(11(17)7-10)25-14-6-3-9(8-22-14)16(18,19)20;;/h3-8,12H,2,21H2,1H3,(H,23,24);2*1H/t12-;;/m0../s1. The summed E-state index contributed by atoms with van der Waals surface area (Å²) in [5.41, 5.74) is 4.80. The van der Waals surface area contributed by atoms with Crippen LogP contribution in [0.5, 0.6) is 11.6 Å². The molecule has 1 amide bonds. The Hall–Kier alpha value is -2.10. The molecule has 1 heterocycles. The van der Waals surface area contributed by atoms with Gasteiger partial charge in [-0.25, -0.2) is 9.37 Å². The molecule has 1 atom stereocenters. The zero-order chi connectivity index (χ0) is 18.6. The van der Waals surface area contributed by atoms with E-state index in [1.807, 2.05) is 0 Å². The summed E-state index contributed by atoms with van der Waals surface area (Å²) in [6.45, 7) is 1.73. The highest BCUT2D eigenvalue weighted by Gasteiger charge is 2.30. The van der Waals surface area contributed by atoms with E-state index in [0.717, 1.165) is 18.2 Å². The number of nitrogens with zero attached hydrogens (tertiary/aromatic N) is 1. The fraction of sp³-hybridized carbons (Fsp3) is 0.250. The van der Waals surface area contributed by atoms with Crippen molar-refractivity contribution >= 4 is 36.4 Å². The van der Waals surface area contributed by atoms with Crippen LogP contribution in [0.15, 0.2) is 36.5 Å². The average Bonchev–Trinajstić information content (AvgIpc) is 2.56. The second kappa shape index (κ2) is 10.3. The number of benzene rings is 1. The van der Waals surface area contributed by atoms with Gasteiger partial charge in [-0.1, -0.05) is 6.92 Å². The summed E-state index contributed by atoms with van der Waals surface area (Å²) >= 11 is 0. The molecule has 150 valence electrons. The van der Waals surface area contributed by atoms with Gasteiger partial charge in [0.1, 0.15) is 0 Å². The van der Waals surface area contributed by atoms with Gasteiger partial charge < -0.3 is 15.8 Å². The minimum absolute atomic E-state index is 0. The number of halogens is 6. The maximum absolute atomic E-state index is 14.0. The van der Waals surface area contributed by atoms with E-state index in [-0.39, 0.29) is 42.1 Å². The second-order valence-corrected chi connectivity index (χ2v) is 5.13. The molecule has 0 saturated heterocycles. The quantitative estimate of drug-likeness (QED) is 0.683. The summed E-state index contributed by atoms with van der Waals surface area (Å²) in [7, 11) is 0. The van der Waals surface area contributed by atoms with E-state index in [2.05, 4.69) is 10.3 Å². The molecule has 2 rings (SSSR count). The lowest BCUT2D eigenvalue weighted by molar-refractivity contribution is -0.137. The molecule has 0 unspecified atom stereocenters. The Kier molecular flexibility index (Phi) is 9.49. The lowest BCUT2D eigenvalue weighted by atomic mass is 10.2. The highest BCUT2D eigenvalue weighted by atomic mass is 35.5. The van der Waals surface area contributed by atoms with Crippen molar-refractivity contribution in [2.24, 2.45) is 5.73 Å². The molecule has 0 aliphatic heterocycles. The third-order valence-corrected chi connectivity index (χ3v) is 3.25. The molecule has 0 bridgehead atoms. The molecular weight excluding hydrogens is 413 g/mol. The van der Waals surface area contributed by atoms with Crippen molar-refractivity contribution in [3.8, 4) is 11.6 Å². The van der Waals surface area contributed by atoms with E-state index < -0.39 is 29.5 Å². The number of rotatable bonds is 5. The van der Waals surface area contributed by atoms with Gasteiger partial charge in [0.25, 0.3) is 0 Å². The Morgan fingerprint density at radius 1 is 1.26 bits per heavy atom. The Labute approximate surface area is 165 Å². The van der Waals surface area contributed by atoms with Crippen LogP contribution in [0.4, 0.5) is 23.2 Å². The monoisotopic (exact) mass is 429 g/mol. The van der Waals surface area contributed by atoms with Gasteiger partial charge in [0, 0.05) is 24.0 Å². The van der Waals surface area contributed by atoms with Crippen LogP contribution in [0.3, 0.4) is 0 Å². The van der Waals surface area contributed by atoms with Gasteiger partial charge >= 0.3 is 6.18 Å². The molecule has 0 aliphatic rings. The number of nitrogens with one attached hydrogen (secondary N) is 1. The number of alkyl halides is 3. The highest BCUT2D eigenvalue weighted by Crippen LogP contribution is 2.31. The molecule has 5 nitrogen and oxygen atoms in total. The number of hydrogen-bond donors (Lipinski definition) is 2. The summed E-state index contributed by atoms with van der Waals surface area (Å²) in [6.07, 6.45) is -3.50. The van der Waals surface area contributed by atoms with E-state index in [0.29, 0.717) is 12.6 Å². The fourth-order valence-electron chi connectivity index (χ4n) is 1.80. The number of nitrogens with two attached hydrogens (primary N) is 1. The minimum Gasteiger partial charge on any atom is -0.436 e. The largest absolute Gasteiger partial charge is 0.436 e. The zero-order valence-electron chi connectivity index (χ0n) is 13.9. The predicted octanol–water partition coefficient (Wildman–Crippen LogP) is 4.55. The maximum atomic E-state index is 14.0. The van der Waals surface area contributed by atoms with Crippen LogP contribution in [-0.4, -0.2) is 16.9 Å². The summed E-state index contributed by atoms with van der Waals surface area (Å²) in [6, 6.07) is 4.67. The van der Waals surface area contributed by atoms with E-state index in [4.69, 9.17) is 10.5 Å². The van der Waals surface area contributed by atoms with Gasteiger partial charge in [-0.15, -0.1) is 24.8 Å². The molecule has 11 heteroatoms. The Bertz CT molecular complexity index is 758. The Balaban J connectivity index is 0.00000338. The Morgan fingerprint density at radius 2 is 1.93 bits per heavy atom. The topological polar surface area (TPSA) is 77.2 Å². The smallest absolute Gasteiger partial charge is 0.417 e. The fourth-order valence-corrected chi connectivity index (χ4v) is 1.80. The van der Waals surface area contributed by atoms with Gasteiger partial charge in [-0.05, 0) is 24.6 Å². The second-order valence-electron chi connectivity index (χ2n) is 5.13. The molecule has 0 spiro atoms. The van der Waals surface area contributed by atoms with Gasteiger partial charge in [0.2, 0.25) is 11.8 Å². The van der Waals surface area contributed by atoms with Crippen LogP contribution >= 0.6 is 24.8 Å². The van der Waals surface area contributed by atoms with E-state index in [1.165, 1.54) is 12.1 Å². The number of pyridine rings is 1. The van der Waals surface area contributed by atoms with Crippen LogP contribution in [0.25, 0.3) is 0 Å². The predicted molar refractivity (Wildman–Crippen MR) is 97.1 cm³/mol. The van der Waals surface area contributed by atoms with Gasteiger partial charge in [-0.3, -0.25) is 4.79 Å². The molecule has 1 aromatic heterocycles. The van der Waals surface area contributed by atoms with Crippen molar-refractivity contribution in [1.29, 1.82) is 0 Å². The SMILES string of the molecule is CC[C@H](N)C(=O)Nc1ccc(Oc2ccc(C(F)(F)F)cn2)c(F)c1.Cl.Cl. The summed E-state index contributed by atoms with van der Waals surface area (Å²) in [4.78, 5) is 15.1. The summed E-state index contributed by atoms with van der Waals surface area (Å²) in [5.74, 6) is -1.72. The van der Waals surface area contributed by atoms with Crippen molar-refractivity contribution < 1.29 is 27.1 Å². The van der Waals surface area contributed by atoms with Crippen LogP contribution in [0, 0.1) is 5.82 Å². The molecule has 0 radical (unpaired) electrons. The number of carbonyl (C=O) groups excluding carboxylic acids is 1. The number of hydrogen-bond acceptors (Lipinski definition) is 4. The van der Waals surface area contributed by atoms with Crippen molar-refractivity contribution in [3.63, 3.8) is 0 Å². The van der Waals surface area contributed by atoms with Crippen molar-refractivity contribution in [2.75, 3.05) is 5.32 Å². The van der Waals surface area contributed by atoms with Crippen molar-refractivity contribution in [3.05, 3.63) is 47.9 Å². The lowest BCUT2D eigenvalue weighted by Gasteiger charge is -2.12. The van der Waals surface area contributed by atoms with E-state index >= 15 is 0 Å². The molecule has 0 aliphatic carbocycles. The zero-order valence-corrected chi connectivity index (χ0v) is 15.6. The molecule has 3 N–H and O–H groups in total. The number of ether oxygens (including phenoxy) is 1. The van der Waals surface area contributed by atoms with Crippen LogP contribution < -0.4 is 15.8 Å². The number of aromatic nitrogens is 1. The van der Waals surface area contributed by atoms with Gasteiger partial charge in [0.15, 0.2) is 11.6 Å². The normalized spacial score (nSPS) is 11.6. The third kappa shape index (κ3) is 6.85. The lowest BCUT2D eigenvalue weighted by Crippen LogP contribution is -2.34. The number of carbonyl (C=O) groups is 1. The molecule has 1 aromatic carbocycles. The first-order valence-corrected chi connectivity index (χ1v) is 7.27. The molecule has 2 aromatic rings. The van der Waals surface area contributed by atoms with E-state index in [1.54, 1.807) is 6.92 Å².